The van der Waals surface area contributed by atoms with Crippen molar-refractivity contribution < 1.29 is 27.4 Å². The SMILES string of the molecule is COc1c(NC=O)cc(C(C)(C)C)cc1N(CCOC1CCCCO1)S(C)(=O)=O. The molecule has 1 aromatic carbocycles. The highest BCUT2D eigenvalue weighted by molar-refractivity contribution is 7.92. The molecule has 1 atom stereocenters. The van der Waals surface area contributed by atoms with Gasteiger partial charge in [-0.15, -0.1) is 0 Å². The van der Waals surface area contributed by atoms with Crippen molar-refractivity contribution in [1.29, 1.82) is 0 Å². The number of amides is 1. The lowest BCUT2D eigenvalue weighted by Crippen LogP contribution is -2.35. The molecule has 1 N–H and O–H groups in total. The molecular formula is C20H32N2O6S. The largest absolute Gasteiger partial charge is 0.492 e. The fourth-order valence-corrected chi connectivity index (χ4v) is 4.09. The van der Waals surface area contributed by atoms with E-state index in [9.17, 15) is 13.2 Å². The number of carbonyl (C=O) groups excluding carboxylic acids is 1. The highest BCUT2D eigenvalue weighted by Gasteiger charge is 2.27. The minimum absolute atomic E-state index is 0.100. The summed E-state index contributed by atoms with van der Waals surface area (Å²) in [5.41, 5.74) is 1.37. The molecule has 29 heavy (non-hydrogen) atoms. The molecule has 1 aliphatic rings. The number of nitrogens with one attached hydrogen (secondary N) is 1. The van der Waals surface area contributed by atoms with Crippen molar-refractivity contribution in [3.8, 4) is 5.75 Å². The summed E-state index contributed by atoms with van der Waals surface area (Å²) < 4.78 is 43.2. The van der Waals surface area contributed by atoms with Crippen molar-refractivity contribution in [1.82, 2.24) is 0 Å². The fraction of sp³-hybridized carbons (Fsp3) is 0.650. The molecule has 1 saturated heterocycles. The maximum absolute atomic E-state index is 12.6. The van der Waals surface area contributed by atoms with Crippen LogP contribution in [0.5, 0.6) is 5.75 Å². The van der Waals surface area contributed by atoms with Gasteiger partial charge < -0.3 is 19.5 Å². The number of rotatable bonds is 9. The van der Waals surface area contributed by atoms with Gasteiger partial charge >= 0.3 is 0 Å². The molecular weight excluding hydrogens is 396 g/mol. The van der Waals surface area contributed by atoms with E-state index < -0.39 is 10.0 Å². The summed E-state index contributed by atoms with van der Waals surface area (Å²) in [6.45, 7) is 6.97. The first-order valence-electron chi connectivity index (χ1n) is 9.71. The number of hydrogen-bond donors (Lipinski definition) is 1. The molecule has 9 heteroatoms. The van der Waals surface area contributed by atoms with Crippen molar-refractivity contribution in [2.75, 3.05) is 42.7 Å². The first-order valence-corrected chi connectivity index (χ1v) is 11.6. The van der Waals surface area contributed by atoms with Gasteiger partial charge in [0.05, 0.1) is 37.9 Å². The van der Waals surface area contributed by atoms with Gasteiger partial charge in [0, 0.05) is 6.61 Å². The van der Waals surface area contributed by atoms with E-state index in [1.165, 1.54) is 11.4 Å². The van der Waals surface area contributed by atoms with E-state index in [0.717, 1.165) is 31.1 Å². The van der Waals surface area contributed by atoms with Crippen LogP contribution in [0.1, 0.15) is 45.6 Å². The van der Waals surface area contributed by atoms with Crippen LogP contribution in [-0.2, 0) is 29.7 Å². The molecule has 1 fully saturated rings. The molecule has 0 saturated carbocycles. The Hall–Kier alpha value is -1.84. The van der Waals surface area contributed by atoms with Gasteiger partial charge in [-0.05, 0) is 42.4 Å². The molecule has 1 heterocycles. The molecule has 1 amide bonds. The molecule has 0 radical (unpaired) electrons. The van der Waals surface area contributed by atoms with Crippen molar-refractivity contribution in [2.45, 2.75) is 51.7 Å². The molecule has 0 aliphatic carbocycles. The topological polar surface area (TPSA) is 94.2 Å². The molecule has 0 bridgehead atoms. The molecule has 1 aromatic rings. The summed E-state index contributed by atoms with van der Waals surface area (Å²) in [5.74, 6) is 0.282. The maximum atomic E-state index is 12.6. The number of anilines is 2. The summed E-state index contributed by atoms with van der Waals surface area (Å²) in [5, 5.41) is 2.62. The Morgan fingerprint density at radius 3 is 2.55 bits per heavy atom. The Labute approximate surface area is 173 Å². The number of nitrogens with zero attached hydrogens (tertiary/aromatic N) is 1. The van der Waals surface area contributed by atoms with Crippen LogP contribution in [0.2, 0.25) is 0 Å². The highest BCUT2D eigenvalue weighted by atomic mass is 32.2. The van der Waals surface area contributed by atoms with Gasteiger partial charge in [0.15, 0.2) is 12.0 Å². The van der Waals surface area contributed by atoms with E-state index in [-0.39, 0.29) is 30.6 Å². The monoisotopic (exact) mass is 428 g/mol. The second-order valence-electron chi connectivity index (χ2n) is 8.09. The Morgan fingerprint density at radius 1 is 1.31 bits per heavy atom. The number of carbonyl (C=O) groups is 1. The van der Waals surface area contributed by atoms with E-state index in [1.54, 1.807) is 12.1 Å². The third kappa shape index (κ3) is 6.32. The number of hydrogen-bond acceptors (Lipinski definition) is 6. The minimum atomic E-state index is -3.63. The van der Waals surface area contributed by atoms with Gasteiger partial charge in [-0.1, -0.05) is 20.8 Å². The zero-order valence-corrected chi connectivity index (χ0v) is 18.7. The predicted molar refractivity (Wildman–Crippen MR) is 113 cm³/mol. The van der Waals surface area contributed by atoms with Gasteiger partial charge in [0.2, 0.25) is 16.4 Å². The summed E-state index contributed by atoms with van der Waals surface area (Å²) in [6.07, 6.45) is 4.22. The number of sulfonamides is 1. The first-order chi connectivity index (χ1) is 13.6. The van der Waals surface area contributed by atoms with Crippen LogP contribution in [0.3, 0.4) is 0 Å². The van der Waals surface area contributed by atoms with Crippen LogP contribution >= 0.6 is 0 Å². The minimum Gasteiger partial charge on any atom is -0.492 e. The van der Waals surface area contributed by atoms with Gasteiger partial charge in [0.25, 0.3) is 0 Å². The number of ether oxygens (including phenoxy) is 3. The van der Waals surface area contributed by atoms with Crippen LogP contribution in [0.25, 0.3) is 0 Å². The van der Waals surface area contributed by atoms with Gasteiger partial charge in [0.1, 0.15) is 0 Å². The average molecular weight is 429 g/mol. The van der Waals surface area contributed by atoms with Crippen LogP contribution in [0.15, 0.2) is 12.1 Å². The molecule has 1 unspecified atom stereocenters. The zero-order chi connectivity index (χ0) is 21.7. The second kappa shape index (κ2) is 9.77. The van der Waals surface area contributed by atoms with E-state index >= 15 is 0 Å². The number of methoxy groups -OCH3 is 1. The van der Waals surface area contributed by atoms with E-state index in [4.69, 9.17) is 14.2 Å². The Balaban J connectivity index is 2.39. The van der Waals surface area contributed by atoms with Crippen LogP contribution in [0.4, 0.5) is 11.4 Å². The average Bonchev–Trinajstić information content (AvgIpc) is 2.64. The van der Waals surface area contributed by atoms with Gasteiger partial charge in [-0.25, -0.2) is 8.42 Å². The van der Waals surface area contributed by atoms with Crippen LogP contribution < -0.4 is 14.4 Å². The molecule has 8 nitrogen and oxygen atoms in total. The Bertz CT molecular complexity index is 798. The molecule has 164 valence electrons. The summed E-state index contributed by atoms with van der Waals surface area (Å²) in [7, 11) is -2.19. The van der Waals surface area contributed by atoms with E-state index in [1.807, 2.05) is 20.8 Å². The lowest BCUT2D eigenvalue weighted by atomic mass is 9.86. The van der Waals surface area contributed by atoms with Crippen LogP contribution in [-0.4, -0.2) is 54.2 Å². The molecule has 0 spiro atoms. The number of benzene rings is 1. The molecule has 2 rings (SSSR count). The normalized spacial score (nSPS) is 17.6. The maximum Gasteiger partial charge on any atom is 0.232 e. The second-order valence-corrected chi connectivity index (χ2v) is 10.00. The van der Waals surface area contributed by atoms with Crippen molar-refractivity contribution in [3.05, 3.63) is 17.7 Å². The van der Waals surface area contributed by atoms with E-state index in [2.05, 4.69) is 5.32 Å². The summed E-state index contributed by atoms with van der Waals surface area (Å²) >= 11 is 0. The highest BCUT2D eigenvalue weighted by Crippen LogP contribution is 2.41. The lowest BCUT2D eigenvalue weighted by Gasteiger charge is -2.29. The van der Waals surface area contributed by atoms with E-state index in [0.29, 0.717) is 24.4 Å². The summed E-state index contributed by atoms with van der Waals surface area (Å²) in [4.78, 5) is 11.1. The third-order valence-electron chi connectivity index (χ3n) is 4.76. The Morgan fingerprint density at radius 2 is 2.03 bits per heavy atom. The van der Waals surface area contributed by atoms with Crippen molar-refractivity contribution in [2.24, 2.45) is 0 Å². The van der Waals surface area contributed by atoms with Crippen molar-refractivity contribution >= 4 is 27.8 Å². The Kier molecular flexibility index (Phi) is 7.90. The summed E-state index contributed by atoms with van der Waals surface area (Å²) in [6, 6.07) is 3.58. The smallest absolute Gasteiger partial charge is 0.232 e. The lowest BCUT2D eigenvalue weighted by molar-refractivity contribution is -0.160. The standard InChI is InChI=1S/C20H32N2O6S/c1-20(2,3)15-12-16(21-14-23)19(26-4)17(13-15)22(29(5,24)25)9-11-28-18-8-6-7-10-27-18/h12-14,18H,6-11H2,1-5H3,(H,21,23). The van der Waals surface area contributed by atoms with Gasteiger partial charge in [-0.3, -0.25) is 9.10 Å². The van der Waals surface area contributed by atoms with Crippen LogP contribution in [0, 0.1) is 0 Å². The first kappa shape index (κ1) is 23.4. The predicted octanol–water partition coefficient (Wildman–Crippen LogP) is 2.87. The van der Waals surface area contributed by atoms with Gasteiger partial charge in [-0.2, -0.15) is 0 Å². The van der Waals surface area contributed by atoms with Crippen molar-refractivity contribution in [3.63, 3.8) is 0 Å². The quantitative estimate of drug-likeness (QED) is 0.608. The fourth-order valence-electron chi connectivity index (χ4n) is 3.19. The molecule has 0 aromatic heterocycles. The third-order valence-corrected chi connectivity index (χ3v) is 5.94. The molecule has 1 aliphatic heterocycles. The zero-order valence-electron chi connectivity index (χ0n) is 17.9.